The van der Waals surface area contributed by atoms with Crippen LogP contribution >= 0.6 is 0 Å². The van der Waals surface area contributed by atoms with Crippen LogP contribution in [0.1, 0.15) is 36.4 Å². The third kappa shape index (κ3) is 4.76. The number of carboxylic acid groups (broad SMARTS) is 1. The monoisotopic (exact) mass is 362 g/mol. The zero-order valence-corrected chi connectivity index (χ0v) is 15.8. The molecule has 1 atom stereocenters. The lowest BCUT2D eigenvalue weighted by Gasteiger charge is -2.18. The minimum Gasteiger partial charge on any atom is -0.493 e. The standard InChI is InChI=1S/C19H26N2O5/c1-11(2)18(19(22)23)20-9-14-6-7-16(17(8-14)24-5)25-10-15-12(3)21-26-13(15)4/h6-8,11,18,20H,9-10H2,1-5H3,(H,22,23)/t18-/m0/s1. The Hall–Kier alpha value is -2.54. The summed E-state index contributed by atoms with van der Waals surface area (Å²) in [6, 6.07) is 4.95. The van der Waals surface area contributed by atoms with E-state index in [9.17, 15) is 9.90 Å². The molecule has 2 aromatic rings. The van der Waals surface area contributed by atoms with Gasteiger partial charge in [-0.15, -0.1) is 0 Å². The molecule has 7 heteroatoms. The maximum absolute atomic E-state index is 11.3. The van der Waals surface area contributed by atoms with Crippen LogP contribution < -0.4 is 14.8 Å². The number of hydrogen-bond donors (Lipinski definition) is 2. The van der Waals surface area contributed by atoms with Crippen molar-refractivity contribution in [3.8, 4) is 11.5 Å². The number of carbonyl (C=O) groups is 1. The van der Waals surface area contributed by atoms with Gasteiger partial charge < -0.3 is 24.4 Å². The maximum atomic E-state index is 11.3. The molecule has 0 spiro atoms. The van der Waals surface area contributed by atoms with Gasteiger partial charge in [0.15, 0.2) is 11.5 Å². The van der Waals surface area contributed by atoms with Crippen LogP contribution in [0.5, 0.6) is 11.5 Å². The molecular formula is C19H26N2O5. The molecule has 0 saturated carbocycles. The summed E-state index contributed by atoms with van der Waals surface area (Å²) < 4.78 is 16.4. The molecule has 0 saturated heterocycles. The number of hydrogen-bond acceptors (Lipinski definition) is 6. The largest absolute Gasteiger partial charge is 0.493 e. The zero-order chi connectivity index (χ0) is 19.3. The van der Waals surface area contributed by atoms with Crippen molar-refractivity contribution in [2.24, 2.45) is 5.92 Å². The Bertz CT molecular complexity index is 735. The second-order valence-corrected chi connectivity index (χ2v) is 6.52. The summed E-state index contributed by atoms with van der Waals surface area (Å²) in [5.41, 5.74) is 2.63. The average Bonchev–Trinajstić information content (AvgIpc) is 2.91. The molecule has 142 valence electrons. The third-order valence-electron chi connectivity index (χ3n) is 4.24. The Labute approximate surface area is 153 Å². The van der Waals surface area contributed by atoms with E-state index in [4.69, 9.17) is 14.0 Å². The molecule has 0 unspecified atom stereocenters. The van der Waals surface area contributed by atoms with E-state index in [0.29, 0.717) is 24.7 Å². The fourth-order valence-corrected chi connectivity index (χ4v) is 2.64. The summed E-state index contributed by atoms with van der Waals surface area (Å²) in [6.45, 7) is 8.22. The molecule has 0 bridgehead atoms. The molecule has 0 aliphatic rings. The first-order chi connectivity index (χ1) is 12.3. The van der Waals surface area contributed by atoms with Crippen molar-refractivity contribution in [3.05, 3.63) is 40.8 Å². The van der Waals surface area contributed by atoms with Crippen molar-refractivity contribution >= 4 is 5.97 Å². The van der Waals surface area contributed by atoms with Crippen molar-refractivity contribution < 1.29 is 23.9 Å². The molecule has 0 fully saturated rings. The lowest BCUT2D eigenvalue weighted by molar-refractivity contribution is -0.140. The lowest BCUT2D eigenvalue weighted by atomic mass is 10.0. The predicted molar refractivity (Wildman–Crippen MR) is 96.4 cm³/mol. The number of methoxy groups -OCH3 is 1. The number of carboxylic acids is 1. The molecule has 7 nitrogen and oxygen atoms in total. The van der Waals surface area contributed by atoms with Crippen molar-refractivity contribution in [2.45, 2.75) is 46.9 Å². The van der Waals surface area contributed by atoms with Crippen LogP contribution in [-0.4, -0.2) is 29.4 Å². The Morgan fingerprint density at radius 2 is 2.04 bits per heavy atom. The van der Waals surface area contributed by atoms with Crippen LogP contribution in [0.25, 0.3) is 0 Å². The van der Waals surface area contributed by atoms with Gasteiger partial charge in [-0.05, 0) is 37.5 Å². The van der Waals surface area contributed by atoms with Gasteiger partial charge in [0.1, 0.15) is 18.4 Å². The molecule has 0 amide bonds. The Kier molecular flexibility index (Phi) is 6.63. The minimum absolute atomic E-state index is 0.00736. The Morgan fingerprint density at radius 3 is 2.58 bits per heavy atom. The van der Waals surface area contributed by atoms with Gasteiger partial charge in [0.05, 0.1) is 18.4 Å². The van der Waals surface area contributed by atoms with E-state index in [-0.39, 0.29) is 5.92 Å². The van der Waals surface area contributed by atoms with Gasteiger partial charge in [-0.3, -0.25) is 4.79 Å². The lowest BCUT2D eigenvalue weighted by Crippen LogP contribution is -2.40. The fourth-order valence-electron chi connectivity index (χ4n) is 2.64. The van der Waals surface area contributed by atoms with E-state index < -0.39 is 12.0 Å². The molecule has 1 aromatic carbocycles. The van der Waals surface area contributed by atoms with Crippen LogP contribution in [-0.2, 0) is 17.9 Å². The quantitative estimate of drug-likeness (QED) is 0.708. The summed E-state index contributed by atoms with van der Waals surface area (Å²) in [5.74, 6) is 1.07. The smallest absolute Gasteiger partial charge is 0.320 e. The van der Waals surface area contributed by atoms with Crippen LogP contribution in [0.15, 0.2) is 22.7 Å². The summed E-state index contributed by atoms with van der Waals surface area (Å²) in [6.07, 6.45) is 0. The molecule has 1 heterocycles. The Balaban J connectivity index is 2.06. The van der Waals surface area contributed by atoms with Gasteiger partial charge >= 0.3 is 5.97 Å². The number of nitrogens with zero attached hydrogens (tertiary/aromatic N) is 1. The fraction of sp³-hybridized carbons (Fsp3) is 0.474. The molecule has 26 heavy (non-hydrogen) atoms. The van der Waals surface area contributed by atoms with E-state index in [1.165, 1.54) is 0 Å². The molecule has 1 aromatic heterocycles. The van der Waals surface area contributed by atoms with Gasteiger partial charge in [-0.25, -0.2) is 0 Å². The summed E-state index contributed by atoms with van der Waals surface area (Å²) in [4.78, 5) is 11.3. The molecule has 2 rings (SSSR count). The highest BCUT2D eigenvalue weighted by Gasteiger charge is 2.20. The first-order valence-electron chi connectivity index (χ1n) is 8.51. The topological polar surface area (TPSA) is 93.8 Å². The number of aliphatic carboxylic acids is 1. The van der Waals surface area contributed by atoms with Crippen molar-refractivity contribution in [2.75, 3.05) is 7.11 Å². The van der Waals surface area contributed by atoms with Crippen LogP contribution in [0.3, 0.4) is 0 Å². The third-order valence-corrected chi connectivity index (χ3v) is 4.24. The summed E-state index contributed by atoms with van der Waals surface area (Å²) >= 11 is 0. The number of aryl methyl sites for hydroxylation is 2. The molecular weight excluding hydrogens is 336 g/mol. The molecule has 0 radical (unpaired) electrons. The van der Waals surface area contributed by atoms with Crippen LogP contribution in [0, 0.1) is 19.8 Å². The summed E-state index contributed by atoms with van der Waals surface area (Å²) in [5, 5.41) is 16.2. The maximum Gasteiger partial charge on any atom is 0.320 e. The van der Waals surface area contributed by atoms with Gasteiger partial charge in [0.2, 0.25) is 0 Å². The van der Waals surface area contributed by atoms with E-state index in [1.807, 2.05) is 45.9 Å². The van der Waals surface area contributed by atoms with E-state index in [2.05, 4.69) is 10.5 Å². The molecule has 0 aliphatic heterocycles. The van der Waals surface area contributed by atoms with Gasteiger partial charge in [-0.1, -0.05) is 25.1 Å². The second-order valence-electron chi connectivity index (χ2n) is 6.52. The van der Waals surface area contributed by atoms with Crippen molar-refractivity contribution in [1.82, 2.24) is 10.5 Å². The number of nitrogens with one attached hydrogen (secondary N) is 1. The zero-order valence-electron chi connectivity index (χ0n) is 15.8. The number of rotatable bonds is 9. The highest BCUT2D eigenvalue weighted by molar-refractivity contribution is 5.73. The van der Waals surface area contributed by atoms with Gasteiger partial charge in [0, 0.05) is 6.54 Å². The van der Waals surface area contributed by atoms with Crippen molar-refractivity contribution in [3.63, 3.8) is 0 Å². The first-order valence-corrected chi connectivity index (χ1v) is 8.51. The predicted octanol–water partition coefficient (Wildman–Crippen LogP) is 3.08. The molecule has 2 N–H and O–H groups in total. The van der Waals surface area contributed by atoms with E-state index in [0.717, 1.165) is 22.6 Å². The van der Waals surface area contributed by atoms with Crippen molar-refractivity contribution in [1.29, 1.82) is 0 Å². The first kappa shape index (κ1) is 19.8. The number of benzene rings is 1. The van der Waals surface area contributed by atoms with Gasteiger partial charge in [0.25, 0.3) is 0 Å². The van der Waals surface area contributed by atoms with E-state index in [1.54, 1.807) is 7.11 Å². The minimum atomic E-state index is -0.855. The van der Waals surface area contributed by atoms with Gasteiger partial charge in [-0.2, -0.15) is 0 Å². The number of ether oxygens (including phenoxy) is 2. The second kappa shape index (κ2) is 8.71. The SMILES string of the molecule is COc1cc(CN[C@H](C(=O)O)C(C)C)ccc1OCc1c(C)noc1C. The molecule has 0 aliphatic carbocycles. The Morgan fingerprint density at radius 1 is 1.31 bits per heavy atom. The van der Waals surface area contributed by atoms with Crippen LogP contribution in [0.4, 0.5) is 0 Å². The number of aromatic nitrogens is 1. The van der Waals surface area contributed by atoms with E-state index >= 15 is 0 Å². The normalized spacial score (nSPS) is 12.2. The highest BCUT2D eigenvalue weighted by atomic mass is 16.5. The highest BCUT2D eigenvalue weighted by Crippen LogP contribution is 2.29. The average molecular weight is 362 g/mol. The van der Waals surface area contributed by atoms with Crippen LogP contribution in [0.2, 0.25) is 0 Å². The summed E-state index contributed by atoms with van der Waals surface area (Å²) in [7, 11) is 1.57.